The van der Waals surface area contributed by atoms with Crippen molar-refractivity contribution in [3.63, 3.8) is 0 Å². The molecule has 8 heteroatoms. The Labute approximate surface area is 202 Å². The Balaban J connectivity index is 2.49. The smallest absolute Gasteiger partial charge is 0.316 e. The molecule has 2 aliphatic rings. The van der Waals surface area contributed by atoms with Gasteiger partial charge < -0.3 is 18.6 Å². The number of hydrogen-bond acceptors (Lipinski definition) is 6. The fourth-order valence-electron chi connectivity index (χ4n) is 4.14. The minimum atomic E-state index is -2.07. The van der Waals surface area contributed by atoms with Gasteiger partial charge in [-0.15, -0.1) is 0 Å². The summed E-state index contributed by atoms with van der Waals surface area (Å²) in [6, 6.07) is 0. The predicted octanol–water partition coefficient (Wildman–Crippen LogP) is 5.76. The van der Waals surface area contributed by atoms with Crippen LogP contribution in [0.3, 0.4) is 0 Å². The minimum absolute atomic E-state index is 0.0457. The van der Waals surface area contributed by atoms with Crippen LogP contribution in [0, 0.1) is 5.92 Å². The molecule has 0 aromatic carbocycles. The van der Waals surface area contributed by atoms with Crippen LogP contribution in [0.1, 0.15) is 81.1 Å². The average molecular weight is 569 g/mol. The molecule has 2 saturated heterocycles. The second-order valence-electron chi connectivity index (χ2n) is 11.9. The Kier molecular flexibility index (Phi) is 7.74. The van der Waals surface area contributed by atoms with Crippen LogP contribution in [0.5, 0.6) is 0 Å². The molecule has 0 radical (unpaired) electrons. The molecule has 2 fully saturated rings. The van der Waals surface area contributed by atoms with Crippen LogP contribution >= 0.6 is 22.6 Å². The number of carbonyl (C=O) groups excluding carboxylic acids is 2. The number of halogens is 1. The van der Waals surface area contributed by atoms with Gasteiger partial charge in [0, 0.05) is 17.3 Å². The van der Waals surface area contributed by atoms with Crippen molar-refractivity contribution in [2.24, 2.45) is 5.92 Å². The van der Waals surface area contributed by atoms with Gasteiger partial charge in [-0.25, -0.2) is 0 Å². The highest BCUT2D eigenvalue weighted by Crippen LogP contribution is 2.52. The number of esters is 2. The van der Waals surface area contributed by atoms with E-state index in [9.17, 15) is 9.59 Å². The van der Waals surface area contributed by atoms with Gasteiger partial charge >= 0.3 is 11.9 Å². The molecule has 0 spiro atoms. The lowest BCUT2D eigenvalue weighted by Gasteiger charge is -2.50. The number of rotatable bonds is 4. The lowest BCUT2D eigenvalue weighted by atomic mass is 9.82. The first-order valence-corrected chi connectivity index (χ1v) is 15.4. The first-order valence-electron chi connectivity index (χ1n) is 11.2. The summed E-state index contributed by atoms with van der Waals surface area (Å²) in [5.41, 5.74) is -1.15. The number of hydrogen-bond donors (Lipinski definition) is 0. The summed E-state index contributed by atoms with van der Waals surface area (Å²) in [6.07, 6.45) is 2.29. The lowest BCUT2D eigenvalue weighted by Crippen LogP contribution is -2.61. The Morgan fingerprint density at radius 3 is 2.19 bits per heavy atom. The van der Waals surface area contributed by atoms with E-state index in [1.54, 1.807) is 0 Å². The van der Waals surface area contributed by atoms with Gasteiger partial charge in [0.2, 0.25) is 5.79 Å². The molecule has 0 unspecified atom stereocenters. The molecule has 31 heavy (non-hydrogen) atoms. The maximum atomic E-state index is 13.3. The molecule has 0 saturated carbocycles. The molecule has 0 amide bonds. The summed E-state index contributed by atoms with van der Waals surface area (Å²) in [5, 5.41) is 0.0457. The average Bonchev–Trinajstić information content (AvgIpc) is 2.63. The SMILES string of the molecule is CC(=O)O[C@@]12C[C@@H](O[Si](C)(C)C(C)(C)C)CC[C@](C)(O1)[C@@H](I)C[C@H]2C(=O)OC(C)(C)C. The van der Waals surface area contributed by atoms with E-state index >= 15 is 0 Å². The number of ether oxygens (including phenoxy) is 3. The number of fused-ring (bicyclic) bond motifs is 2. The molecule has 180 valence electrons. The zero-order valence-electron chi connectivity index (χ0n) is 20.9. The van der Waals surface area contributed by atoms with Crippen LogP contribution < -0.4 is 0 Å². The fraction of sp³-hybridized carbons (Fsp3) is 0.913. The summed E-state index contributed by atoms with van der Waals surface area (Å²) in [7, 11) is -2.07. The molecule has 6 nitrogen and oxygen atoms in total. The predicted molar refractivity (Wildman–Crippen MR) is 132 cm³/mol. The van der Waals surface area contributed by atoms with E-state index < -0.39 is 37.2 Å². The molecule has 0 aliphatic carbocycles. The third kappa shape index (κ3) is 6.23. The summed E-state index contributed by atoms with van der Waals surface area (Å²) < 4.78 is 25.1. The maximum Gasteiger partial charge on any atom is 0.316 e. The van der Waals surface area contributed by atoms with Crippen molar-refractivity contribution < 1.29 is 28.2 Å². The van der Waals surface area contributed by atoms with Crippen LogP contribution in [-0.4, -0.2) is 47.3 Å². The molecule has 0 N–H and O–H groups in total. The van der Waals surface area contributed by atoms with E-state index in [1.165, 1.54) is 6.92 Å². The van der Waals surface area contributed by atoms with Gasteiger partial charge in [0.05, 0.1) is 11.7 Å². The molecular weight excluding hydrogens is 527 g/mol. The molecule has 0 aromatic rings. The van der Waals surface area contributed by atoms with Gasteiger partial charge in [-0.1, -0.05) is 43.4 Å². The van der Waals surface area contributed by atoms with Crippen LogP contribution in [0.25, 0.3) is 0 Å². The van der Waals surface area contributed by atoms with Gasteiger partial charge in [0.25, 0.3) is 0 Å². The van der Waals surface area contributed by atoms with Crippen molar-refractivity contribution in [2.45, 2.75) is 126 Å². The van der Waals surface area contributed by atoms with E-state index in [2.05, 4.69) is 63.4 Å². The highest BCUT2D eigenvalue weighted by Gasteiger charge is 2.62. The number of carbonyl (C=O) groups is 2. The van der Waals surface area contributed by atoms with E-state index in [-0.39, 0.29) is 21.0 Å². The second kappa shape index (κ2) is 8.87. The highest BCUT2D eigenvalue weighted by atomic mass is 127. The largest absolute Gasteiger partial charge is 0.460 e. The maximum absolute atomic E-state index is 13.3. The number of alkyl halides is 1. The molecular formula is C23H41IO6Si. The van der Waals surface area contributed by atoms with Gasteiger partial charge in [-0.05, 0) is 65.1 Å². The van der Waals surface area contributed by atoms with Gasteiger partial charge in [-0.3, -0.25) is 9.59 Å². The zero-order chi connectivity index (χ0) is 24.0. The summed E-state index contributed by atoms with van der Waals surface area (Å²) in [5.74, 6) is -2.93. The monoisotopic (exact) mass is 568 g/mol. The third-order valence-corrected chi connectivity index (χ3v) is 13.2. The Morgan fingerprint density at radius 1 is 1.13 bits per heavy atom. The standard InChI is InChI=1S/C23H41IO6Si/c1-15(25)27-23-14-16(29-31(9,10)21(5,6)7)11-12-22(8,30-23)18(24)13-17(23)19(26)28-20(2,3)4/h16-18H,11-14H2,1-10H3/t16-,17-,18-,22-,23-/m0/s1. The molecule has 2 rings (SSSR count). The third-order valence-electron chi connectivity index (χ3n) is 6.79. The molecule has 0 aromatic heterocycles. The molecule has 2 heterocycles. The summed E-state index contributed by atoms with van der Waals surface area (Å²) >= 11 is 2.37. The quantitative estimate of drug-likeness (QED) is 0.186. The van der Waals surface area contributed by atoms with E-state index in [1.807, 2.05) is 20.8 Å². The van der Waals surface area contributed by atoms with Crippen molar-refractivity contribution in [1.29, 1.82) is 0 Å². The van der Waals surface area contributed by atoms with Crippen molar-refractivity contribution in [1.82, 2.24) is 0 Å². The summed E-state index contributed by atoms with van der Waals surface area (Å²) in [6.45, 7) is 20.0. The van der Waals surface area contributed by atoms with E-state index in [4.69, 9.17) is 18.6 Å². The Bertz CT molecular complexity index is 697. The van der Waals surface area contributed by atoms with E-state index in [0.29, 0.717) is 12.8 Å². The minimum Gasteiger partial charge on any atom is -0.460 e. The fourth-order valence-corrected chi connectivity index (χ4v) is 6.48. The van der Waals surface area contributed by atoms with Crippen molar-refractivity contribution in [3.8, 4) is 0 Å². The topological polar surface area (TPSA) is 71.1 Å². The van der Waals surface area contributed by atoms with Gasteiger partial charge in [0.1, 0.15) is 11.5 Å². The van der Waals surface area contributed by atoms with Crippen LogP contribution in [0.4, 0.5) is 0 Å². The Hall–Kier alpha value is -0.193. The summed E-state index contributed by atoms with van der Waals surface area (Å²) in [4.78, 5) is 25.5. The molecule has 5 atom stereocenters. The van der Waals surface area contributed by atoms with Crippen molar-refractivity contribution in [3.05, 3.63) is 0 Å². The Morgan fingerprint density at radius 2 is 1.71 bits per heavy atom. The van der Waals surface area contributed by atoms with Crippen molar-refractivity contribution >= 4 is 42.8 Å². The zero-order valence-corrected chi connectivity index (χ0v) is 24.0. The van der Waals surface area contributed by atoms with Gasteiger partial charge in [0.15, 0.2) is 8.32 Å². The lowest BCUT2D eigenvalue weighted by molar-refractivity contribution is -0.313. The first kappa shape index (κ1) is 27.1. The van der Waals surface area contributed by atoms with E-state index in [0.717, 1.165) is 12.8 Å². The van der Waals surface area contributed by atoms with Crippen LogP contribution in [-0.2, 0) is 28.2 Å². The molecule has 2 bridgehead atoms. The normalized spacial score (nSPS) is 34.6. The first-order chi connectivity index (χ1) is 13.8. The van der Waals surface area contributed by atoms with Crippen LogP contribution in [0.15, 0.2) is 0 Å². The highest BCUT2D eigenvalue weighted by molar-refractivity contribution is 14.1. The van der Waals surface area contributed by atoms with Crippen molar-refractivity contribution in [2.75, 3.05) is 0 Å². The van der Waals surface area contributed by atoms with Crippen LogP contribution in [0.2, 0.25) is 18.1 Å². The molecule has 2 aliphatic heterocycles. The van der Waals surface area contributed by atoms with Gasteiger partial charge in [-0.2, -0.15) is 0 Å². The second-order valence-corrected chi connectivity index (χ2v) is 18.1.